The summed E-state index contributed by atoms with van der Waals surface area (Å²) in [6.45, 7) is 15.4. The van der Waals surface area contributed by atoms with Crippen molar-refractivity contribution in [2.75, 3.05) is 0 Å². The van der Waals surface area contributed by atoms with Gasteiger partial charge in [-0.25, -0.2) is 0 Å². The van der Waals surface area contributed by atoms with Crippen LogP contribution >= 0.6 is 14.3 Å². The van der Waals surface area contributed by atoms with Crippen LogP contribution in [0.1, 0.15) is 22.3 Å². The first-order chi connectivity index (χ1) is 22.4. The quantitative estimate of drug-likeness (QED) is 0.0917. The van der Waals surface area contributed by atoms with Crippen molar-refractivity contribution in [3.8, 4) is 0 Å². The lowest BCUT2D eigenvalue weighted by atomic mass is 10.1. The fraction of sp³-hybridized carbons (Fsp3) is 0.0952. The summed E-state index contributed by atoms with van der Waals surface area (Å²) in [5.74, 6) is 0. The van der Waals surface area contributed by atoms with E-state index in [1.165, 1.54) is 0 Å². The zero-order chi connectivity index (χ0) is 32.6. The van der Waals surface area contributed by atoms with Gasteiger partial charge < -0.3 is 9.13 Å². The van der Waals surface area contributed by atoms with Crippen LogP contribution in [0.2, 0.25) is 0 Å². The fourth-order valence-corrected chi connectivity index (χ4v) is 11.2. The molecule has 0 aliphatic carbocycles. The van der Waals surface area contributed by atoms with Crippen LogP contribution in [-0.4, -0.2) is 0 Å². The zero-order valence-electron chi connectivity index (χ0n) is 26.2. The molecule has 0 unspecified atom stereocenters. The zero-order valence-corrected chi connectivity index (χ0v) is 28.0. The van der Waals surface area contributed by atoms with Gasteiger partial charge in [0.15, 0.2) is 14.3 Å². The molecule has 0 amide bonds. The van der Waals surface area contributed by atoms with Gasteiger partial charge in [0.1, 0.15) is 0 Å². The van der Waals surface area contributed by atoms with Crippen LogP contribution in [0.25, 0.3) is 0 Å². The maximum atomic E-state index is 15.6. The largest absolute Gasteiger partial charge is 0.309 e. The third kappa shape index (κ3) is 6.70. The molecule has 0 spiro atoms. The predicted molar refractivity (Wildman–Crippen MR) is 201 cm³/mol. The lowest BCUT2D eigenvalue weighted by Crippen LogP contribution is -2.30. The van der Waals surface area contributed by atoms with Gasteiger partial charge in [0.2, 0.25) is 0 Å². The highest BCUT2D eigenvalue weighted by atomic mass is 31.2. The number of allylic oxidation sites excluding steroid dienone is 4. The molecular weight excluding hydrogens is 598 g/mol. The molecule has 46 heavy (non-hydrogen) atoms. The van der Waals surface area contributed by atoms with Gasteiger partial charge >= 0.3 is 0 Å². The first-order valence-corrected chi connectivity index (χ1v) is 18.9. The third-order valence-corrected chi connectivity index (χ3v) is 14.4. The van der Waals surface area contributed by atoms with Crippen molar-refractivity contribution in [2.45, 2.75) is 25.7 Å². The predicted octanol–water partition coefficient (Wildman–Crippen LogP) is 7.88. The maximum absolute atomic E-state index is 15.6. The second-order valence-corrected chi connectivity index (χ2v) is 16.9. The summed E-state index contributed by atoms with van der Waals surface area (Å²) in [6, 6.07) is 39.4. The molecule has 5 rings (SSSR count). The molecule has 5 aromatic carbocycles. The molecule has 0 aliphatic heterocycles. The number of hydrogen-bond donors (Lipinski definition) is 0. The second-order valence-electron chi connectivity index (χ2n) is 11.4. The van der Waals surface area contributed by atoms with E-state index >= 15 is 9.13 Å². The lowest BCUT2D eigenvalue weighted by Gasteiger charge is -2.24. The Labute approximate surface area is 274 Å². The third-order valence-electron chi connectivity index (χ3n) is 8.28. The van der Waals surface area contributed by atoms with Crippen LogP contribution in [0.4, 0.5) is 0 Å². The normalized spacial score (nSPS) is 11.5. The Morgan fingerprint density at radius 3 is 0.826 bits per heavy atom. The highest BCUT2D eigenvalue weighted by Crippen LogP contribution is 2.46. The van der Waals surface area contributed by atoms with Crippen molar-refractivity contribution < 1.29 is 9.13 Å². The van der Waals surface area contributed by atoms with Crippen LogP contribution in [0.15, 0.2) is 172 Å². The van der Waals surface area contributed by atoms with Crippen molar-refractivity contribution >= 4 is 46.1 Å². The Bertz CT molecular complexity index is 1680. The topological polar surface area (TPSA) is 34.1 Å². The van der Waals surface area contributed by atoms with Gasteiger partial charge in [-0.15, -0.1) is 26.3 Å². The molecule has 0 aromatic heterocycles. The molecule has 230 valence electrons. The Balaban J connectivity index is 1.71. The van der Waals surface area contributed by atoms with E-state index in [0.29, 0.717) is 10.6 Å². The summed E-state index contributed by atoms with van der Waals surface area (Å²) < 4.78 is 31.2. The van der Waals surface area contributed by atoms with Gasteiger partial charge in [-0.2, -0.15) is 0 Å². The van der Waals surface area contributed by atoms with Crippen molar-refractivity contribution in [1.82, 2.24) is 0 Å². The Hall–Kier alpha value is -4.48. The Morgan fingerprint density at radius 1 is 0.370 bits per heavy atom. The SMILES string of the molecule is C=CCc1ccc(P(=O)(c2ccc(CC=C)cc2)c2cccc(P(=O)(c3ccc(CC=C)cc3)c3ccc(CC=C)cc3)c2)cc1. The Kier molecular flexibility index (Phi) is 10.5. The average Bonchev–Trinajstić information content (AvgIpc) is 3.09. The molecule has 0 heterocycles. The molecule has 0 saturated heterocycles. The van der Waals surface area contributed by atoms with E-state index in [9.17, 15) is 0 Å². The van der Waals surface area contributed by atoms with Crippen molar-refractivity contribution in [3.05, 3.63) is 194 Å². The minimum absolute atomic E-state index is 0.643. The monoisotopic (exact) mass is 638 g/mol. The second kappa shape index (κ2) is 14.7. The molecule has 5 aromatic rings. The number of benzene rings is 5. The smallest absolute Gasteiger partial charge is 0.171 e. The van der Waals surface area contributed by atoms with Gasteiger partial charge in [0.05, 0.1) is 0 Å². The molecule has 0 radical (unpaired) electrons. The summed E-state index contributed by atoms with van der Waals surface area (Å²) in [5, 5.41) is 4.20. The highest BCUT2D eigenvalue weighted by Gasteiger charge is 2.34. The summed E-state index contributed by atoms with van der Waals surface area (Å²) in [7, 11) is -6.72. The lowest BCUT2D eigenvalue weighted by molar-refractivity contribution is 0.592. The van der Waals surface area contributed by atoms with Crippen molar-refractivity contribution in [2.24, 2.45) is 0 Å². The first-order valence-electron chi connectivity index (χ1n) is 15.5. The van der Waals surface area contributed by atoms with E-state index in [4.69, 9.17) is 0 Å². The van der Waals surface area contributed by atoms with E-state index in [1.54, 1.807) is 0 Å². The van der Waals surface area contributed by atoms with Crippen molar-refractivity contribution in [1.29, 1.82) is 0 Å². The van der Waals surface area contributed by atoms with Gasteiger partial charge in [-0.1, -0.05) is 140 Å². The van der Waals surface area contributed by atoms with E-state index in [2.05, 4.69) is 26.3 Å². The molecule has 0 atom stereocenters. The van der Waals surface area contributed by atoms with Crippen LogP contribution in [0.3, 0.4) is 0 Å². The summed E-state index contributed by atoms with van der Waals surface area (Å²) >= 11 is 0. The Morgan fingerprint density at radius 2 is 0.609 bits per heavy atom. The van der Waals surface area contributed by atoms with Gasteiger partial charge in [0, 0.05) is 31.8 Å². The average molecular weight is 639 g/mol. The van der Waals surface area contributed by atoms with Crippen LogP contribution in [0, 0.1) is 0 Å². The summed E-state index contributed by atoms with van der Waals surface area (Å²) in [6.07, 6.45) is 10.4. The highest BCUT2D eigenvalue weighted by molar-refractivity contribution is 7.86. The molecule has 4 heteroatoms. The molecule has 0 fully saturated rings. The fourth-order valence-electron chi connectivity index (χ4n) is 5.81. The van der Waals surface area contributed by atoms with Crippen LogP contribution < -0.4 is 31.8 Å². The molecular formula is C42H40O2P2. The molecule has 0 aliphatic rings. The molecule has 2 nitrogen and oxygen atoms in total. The summed E-state index contributed by atoms with van der Waals surface area (Å²) in [4.78, 5) is 0. The standard InChI is InChI=1S/C42H40O2P2/c1-5-10-33-16-24-37(25-17-33)45(43,38-26-18-34(11-6-2)19-27-38)41-14-9-15-42(32-41)46(44,39-28-20-35(12-7-3)21-29-39)40-30-22-36(13-8-4)23-31-40/h5-9,14-32H,1-4,10-13H2. The van der Waals surface area contributed by atoms with Gasteiger partial charge in [-0.05, 0) is 54.0 Å². The van der Waals surface area contributed by atoms with Gasteiger partial charge in [-0.3, -0.25) is 0 Å². The number of hydrogen-bond acceptors (Lipinski definition) is 2. The molecule has 0 bridgehead atoms. The van der Waals surface area contributed by atoms with Gasteiger partial charge in [0.25, 0.3) is 0 Å². The summed E-state index contributed by atoms with van der Waals surface area (Å²) in [5.41, 5.74) is 4.41. The van der Waals surface area contributed by atoms with E-state index in [-0.39, 0.29) is 0 Å². The van der Waals surface area contributed by atoms with Crippen LogP contribution in [-0.2, 0) is 34.8 Å². The maximum Gasteiger partial charge on any atom is 0.171 e. The first kappa shape index (κ1) is 32.9. The van der Waals surface area contributed by atoms with E-state index in [1.807, 2.05) is 146 Å². The minimum atomic E-state index is -3.36. The van der Waals surface area contributed by atoms with Crippen molar-refractivity contribution in [3.63, 3.8) is 0 Å². The van der Waals surface area contributed by atoms with E-state index < -0.39 is 14.3 Å². The number of rotatable bonds is 14. The molecule has 0 N–H and O–H groups in total. The molecule has 0 saturated carbocycles. The minimum Gasteiger partial charge on any atom is -0.309 e. The van der Waals surface area contributed by atoms with E-state index in [0.717, 1.165) is 69.2 Å². The van der Waals surface area contributed by atoms with Crippen LogP contribution in [0.5, 0.6) is 0 Å².